The van der Waals surface area contributed by atoms with Gasteiger partial charge in [0.05, 0.1) is 0 Å². The monoisotopic (exact) mass is 272 g/mol. The van der Waals surface area contributed by atoms with Crippen molar-refractivity contribution >= 4 is 5.91 Å². The highest BCUT2D eigenvalue weighted by molar-refractivity contribution is 5.86. The normalized spacial score (nSPS) is 16.9. The first-order valence-corrected chi connectivity index (χ1v) is 7.36. The van der Waals surface area contributed by atoms with Crippen molar-refractivity contribution in [2.24, 2.45) is 5.92 Å². The molecule has 0 radical (unpaired) electrons. The molecule has 2 rings (SSSR count). The molecule has 0 bridgehead atoms. The fourth-order valence-electron chi connectivity index (χ4n) is 2.69. The number of carbonyl (C=O) groups is 1. The number of hydrogen-bond acceptors (Lipinski definition) is 2. The number of aryl methyl sites for hydroxylation is 1. The zero-order chi connectivity index (χ0) is 14.4. The molecule has 1 saturated heterocycles. The van der Waals surface area contributed by atoms with E-state index in [-0.39, 0.29) is 5.91 Å². The summed E-state index contributed by atoms with van der Waals surface area (Å²) >= 11 is 0. The summed E-state index contributed by atoms with van der Waals surface area (Å²) in [6, 6.07) is 8.59. The van der Waals surface area contributed by atoms with E-state index in [4.69, 9.17) is 0 Å². The Bertz CT molecular complexity index is 462. The van der Waals surface area contributed by atoms with Crippen LogP contribution in [0.2, 0.25) is 0 Å². The van der Waals surface area contributed by atoms with E-state index in [2.05, 4.69) is 48.0 Å². The molecule has 0 atom stereocenters. The first-order valence-electron chi connectivity index (χ1n) is 7.36. The number of amides is 1. The highest BCUT2D eigenvalue weighted by atomic mass is 16.1. The van der Waals surface area contributed by atoms with Gasteiger partial charge in [-0.05, 0) is 56.0 Å². The third kappa shape index (κ3) is 4.20. The Balaban J connectivity index is 1.76. The second-order valence-electron chi connectivity index (χ2n) is 5.60. The Morgan fingerprint density at radius 2 is 2.10 bits per heavy atom. The van der Waals surface area contributed by atoms with E-state index in [0.29, 0.717) is 5.92 Å². The summed E-state index contributed by atoms with van der Waals surface area (Å²) in [7, 11) is 0. The largest absolute Gasteiger partial charge is 0.352 e. The van der Waals surface area contributed by atoms with Gasteiger partial charge in [0.15, 0.2) is 0 Å². The molecular weight excluding hydrogens is 248 g/mol. The van der Waals surface area contributed by atoms with E-state index in [1.807, 2.05) is 0 Å². The number of carbonyl (C=O) groups excluding carboxylic acids is 1. The summed E-state index contributed by atoms with van der Waals surface area (Å²) in [4.78, 5) is 13.7. The molecule has 1 amide bonds. The van der Waals surface area contributed by atoms with Crippen LogP contribution in [0.4, 0.5) is 0 Å². The fraction of sp³-hybridized carbons (Fsp3) is 0.471. The van der Waals surface area contributed by atoms with Crippen molar-refractivity contribution in [3.05, 3.63) is 48.0 Å². The van der Waals surface area contributed by atoms with Gasteiger partial charge >= 0.3 is 0 Å². The summed E-state index contributed by atoms with van der Waals surface area (Å²) in [6.07, 6.45) is 3.65. The van der Waals surface area contributed by atoms with Gasteiger partial charge < -0.3 is 5.32 Å². The van der Waals surface area contributed by atoms with Crippen LogP contribution in [0.3, 0.4) is 0 Å². The summed E-state index contributed by atoms with van der Waals surface area (Å²) in [5.74, 6) is 0.541. The number of hydrogen-bond donors (Lipinski definition) is 1. The van der Waals surface area contributed by atoms with Crippen LogP contribution in [-0.2, 0) is 11.3 Å². The summed E-state index contributed by atoms with van der Waals surface area (Å²) < 4.78 is 0. The molecule has 1 aromatic carbocycles. The van der Waals surface area contributed by atoms with Crippen LogP contribution in [0.15, 0.2) is 36.9 Å². The predicted octanol–water partition coefficient (Wildman–Crippen LogP) is 2.51. The Kier molecular flexibility index (Phi) is 5.36. The molecule has 1 heterocycles. The molecule has 0 saturated carbocycles. The average molecular weight is 272 g/mol. The van der Waals surface area contributed by atoms with Gasteiger partial charge in [0.1, 0.15) is 0 Å². The molecule has 108 valence electrons. The van der Waals surface area contributed by atoms with Crippen molar-refractivity contribution in [3.63, 3.8) is 0 Å². The number of rotatable bonds is 5. The molecule has 20 heavy (non-hydrogen) atoms. The first-order chi connectivity index (χ1) is 9.69. The number of piperidine rings is 1. The Hall–Kier alpha value is -1.61. The van der Waals surface area contributed by atoms with Gasteiger partial charge in [0.25, 0.3) is 0 Å². The lowest BCUT2D eigenvalue weighted by Crippen LogP contribution is -2.38. The highest BCUT2D eigenvalue weighted by Gasteiger charge is 2.19. The van der Waals surface area contributed by atoms with Crippen molar-refractivity contribution in [2.75, 3.05) is 19.6 Å². The topological polar surface area (TPSA) is 32.3 Å². The maximum atomic E-state index is 11.2. The van der Waals surface area contributed by atoms with Gasteiger partial charge in [0, 0.05) is 13.1 Å². The molecular formula is C17H24N2O. The van der Waals surface area contributed by atoms with E-state index in [1.54, 1.807) is 0 Å². The zero-order valence-corrected chi connectivity index (χ0v) is 12.3. The van der Waals surface area contributed by atoms with Crippen LogP contribution in [0.1, 0.15) is 24.0 Å². The SMILES string of the molecule is C=CC(=O)NCC1CCN(Cc2ccccc2C)CC1. The number of nitrogens with one attached hydrogen (secondary N) is 1. The number of nitrogens with zero attached hydrogens (tertiary/aromatic N) is 1. The van der Waals surface area contributed by atoms with Gasteiger partial charge in [-0.25, -0.2) is 0 Å². The van der Waals surface area contributed by atoms with Crippen LogP contribution in [0.5, 0.6) is 0 Å². The molecule has 0 aliphatic carbocycles. The van der Waals surface area contributed by atoms with E-state index >= 15 is 0 Å². The minimum Gasteiger partial charge on any atom is -0.352 e. The predicted molar refractivity (Wildman–Crippen MR) is 82.4 cm³/mol. The van der Waals surface area contributed by atoms with Crippen LogP contribution in [0, 0.1) is 12.8 Å². The van der Waals surface area contributed by atoms with E-state index in [1.165, 1.54) is 17.2 Å². The third-order valence-corrected chi connectivity index (χ3v) is 4.11. The summed E-state index contributed by atoms with van der Waals surface area (Å²) in [5.41, 5.74) is 2.79. The summed E-state index contributed by atoms with van der Waals surface area (Å²) in [6.45, 7) is 9.69. The highest BCUT2D eigenvalue weighted by Crippen LogP contribution is 2.19. The molecule has 0 spiro atoms. The lowest BCUT2D eigenvalue weighted by molar-refractivity contribution is -0.116. The first kappa shape index (κ1) is 14.8. The van der Waals surface area contributed by atoms with E-state index in [0.717, 1.165) is 39.0 Å². The van der Waals surface area contributed by atoms with Crippen molar-refractivity contribution in [2.45, 2.75) is 26.3 Å². The van der Waals surface area contributed by atoms with Gasteiger partial charge in [-0.1, -0.05) is 30.8 Å². The Morgan fingerprint density at radius 3 is 2.75 bits per heavy atom. The molecule has 1 aromatic rings. The van der Waals surface area contributed by atoms with Gasteiger partial charge in [-0.3, -0.25) is 9.69 Å². The van der Waals surface area contributed by atoms with Crippen LogP contribution < -0.4 is 5.32 Å². The van der Waals surface area contributed by atoms with Crippen molar-refractivity contribution in [1.29, 1.82) is 0 Å². The molecule has 1 aliphatic heterocycles. The smallest absolute Gasteiger partial charge is 0.243 e. The molecule has 0 aromatic heterocycles. The molecule has 3 heteroatoms. The number of benzene rings is 1. The van der Waals surface area contributed by atoms with E-state index < -0.39 is 0 Å². The quantitative estimate of drug-likeness (QED) is 0.835. The van der Waals surface area contributed by atoms with E-state index in [9.17, 15) is 4.79 Å². The maximum Gasteiger partial charge on any atom is 0.243 e. The second-order valence-corrected chi connectivity index (χ2v) is 5.60. The fourth-order valence-corrected chi connectivity index (χ4v) is 2.69. The van der Waals surface area contributed by atoms with Crippen molar-refractivity contribution < 1.29 is 4.79 Å². The lowest BCUT2D eigenvalue weighted by Gasteiger charge is -2.32. The Morgan fingerprint density at radius 1 is 1.40 bits per heavy atom. The minimum atomic E-state index is -0.0626. The van der Waals surface area contributed by atoms with Crippen molar-refractivity contribution in [3.8, 4) is 0 Å². The lowest BCUT2D eigenvalue weighted by atomic mass is 9.96. The average Bonchev–Trinajstić information content (AvgIpc) is 2.48. The molecule has 0 unspecified atom stereocenters. The molecule has 1 aliphatic rings. The molecule has 1 fully saturated rings. The summed E-state index contributed by atoms with van der Waals surface area (Å²) in [5, 5.41) is 2.90. The zero-order valence-electron chi connectivity index (χ0n) is 12.3. The minimum absolute atomic E-state index is 0.0626. The Labute approximate surface area is 121 Å². The van der Waals surface area contributed by atoms with Gasteiger partial charge in [-0.2, -0.15) is 0 Å². The van der Waals surface area contributed by atoms with Gasteiger partial charge in [-0.15, -0.1) is 0 Å². The third-order valence-electron chi connectivity index (χ3n) is 4.11. The molecule has 3 nitrogen and oxygen atoms in total. The number of likely N-dealkylation sites (tertiary alicyclic amines) is 1. The van der Waals surface area contributed by atoms with Gasteiger partial charge in [0.2, 0.25) is 5.91 Å². The standard InChI is InChI=1S/C17H24N2O/c1-3-17(20)18-12-15-8-10-19(11-9-15)13-16-7-5-4-6-14(16)2/h3-7,15H,1,8-13H2,2H3,(H,18,20). The van der Waals surface area contributed by atoms with Crippen LogP contribution >= 0.6 is 0 Å². The second kappa shape index (κ2) is 7.25. The maximum absolute atomic E-state index is 11.2. The van der Waals surface area contributed by atoms with Crippen molar-refractivity contribution in [1.82, 2.24) is 10.2 Å². The van der Waals surface area contributed by atoms with Crippen LogP contribution in [0.25, 0.3) is 0 Å². The molecule has 1 N–H and O–H groups in total. The van der Waals surface area contributed by atoms with Crippen LogP contribution in [-0.4, -0.2) is 30.4 Å².